The van der Waals surface area contributed by atoms with Crippen LogP contribution in [0.2, 0.25) is 0 Å². The summed E-state index contributed by atoms with van der Waals surface area (Å²) in [5.74, 6) is -10.8. The van der Waals surface area contributed by atoms with Crippen molar-refractivity contribution in [1.29, 1.82) is 0 Å². The molecule has 6 aliphatic rings. The van der Waals surface area contributed by atoms with Gasteiger partial charge >= 0.3 is 23.7 Å². The fourth-order valence-corrected chi connectivity index (χ4v) is 12.5. The number of hydrogen-bond donors (Lipinski definition) is 5. The molecule has 5 bridgehead atoms. The number of methoxy groups -OCH3 is 1. The fraction of sp³-hybridized carbons (Fsp3) is 0.477. The van der Waals surface area contributed by atoms with E-state index in [1.54, 1.807) is 70.2 Å². The third-order valence-electron chi connectivity index (χ3n) is 16.9. The van der Waals surface area contributed by atoms with Crippen molar-refractivity contribution in [2.45, 2.75) is 131 Å². The number of Topliss-reactive ketones (excluding diaryl/α,β-unsaturated/α-hetero) is 1. The normalized spacial score (nSPS) is 25.2. The highest BCUT2D eigenvalue weighted by Crippen LogP contribution is 2.51. The lowest BCUT2D eigenvalue weighted by molar-refractivity contribution is -0.165. The van der Waals surface area contributed by atoms with Gasteiger partial charge in [0.05, 0.1) is 42.3 Å². The Morgan fingerprint density at radius 3 is 2.23 bits per heavy atom. The van der Waals surface area contributed by atoms with Crippen molar-refractivity contribution in [2.75, 3.05) is 50.1 Å². The number of rotatable bonds is 16. The molecule has 9 atom stereocenters. The molecule has 0 unspecified atom stereocenters. The van der Waals surface area contributed by atoms with Crippen molar-refractivity contribution >= 4 is 85.7 Å². The number of anilines is 2. The summed E-state index contributed by atoms with van der Waals surface area (Å²) in [6.07, 6.45) is 1.73. The topological polar surface area (TPSA) is 326 Å². The number of fused-ring (bicyclic) bond motifs is 14. The zero-order valence-electron chi connectivity index (χ0n) is 52.6. The highest BCUT2D eigenvalue weighted by molar-refractivity contribution is 7.44. The third-order valence-corrected chi connectivity index (χ3v) is 18.1. The van der Waals surface area contributed by atoms with Crippen molar-refractivity contribution in [3.05, 3.63) is 105 Å². The van der Waals surface area contributed by atoms with E-state index >= 15 is 9.59 Å². The van der Waals surface area contributed by atoms with Crippen LogP contribution in [0.4, 0.5) is 11.4 Å². The van der Waals surface area contributed by atoms with Crippen molar-refractivity contribution in [1.82, 2.24) is 15.2 Å². The predicted octanol–water partition coefficient (Wildman–Crippen LogP) is 9.03. The summed E-state index contributed by atoms with van der Waals surface area (Å²) in [5, 5.41) is 40.6. The summed E-state index contributed by atoms with van der Waals surface area (Å²) >= 11 is 0. The fourth-order valence-electron chi connectivity index (χ4n) is 11.9. The first-order chi connectivity index (χ1) is 43.2. The average molecular weight is 1290 g/mol. The molecular weight excluding hydrogens is 1220 g/mol. The number of nitrogens with zero attached hydrogens (tertiary/aromatic N) is 3. The molecule has 0 spiro atoms. The van der Waals surface area contributed by atoms with Crippen LogP contribution >= 0.6 is 16.9 Å². The molecular formula is C65H77N5O19P2. The van der Waals surface area contributed by atoms with E-state index in [1.807, 2.05) is 0 Å². The Morgan fingerprint density at radius 2 is 1.57 bits per heavy atom. The number of phenols is 2. The number of hydrogen-bond acceptors (Lipinski definition) is 22. The lowest BCUT2D eigenvalue weighted by Crippen LogP contribution is -2.47. The number of nitrogens with one attached hydrogen (secondary N) is 2. The molecule has 5 heterocycles. The number of esters is 3. The zero-order valence-corrected chi connectivity index (χ0v) is 54.4. The summed E-state index contributed by atoms with van der Waals surface area (Å²) in [7, 11) is 0.259. The van der Waals surface area contributed by atoms with E-state index in [9.17, 15) is 48.4 Å². The van der Waals surface area contributed by atoms with Crippen LogP contribution in [-0.2, 0) is 69.8 Å². The number of phenolic OH excluding ortho intramolecular Hbond substituents is 2. The van der Waals surface area contributed by atoms with Crippen LogP contribution in [0.5, 0.6) is 17.2 Å². The highest BCUT2D eigenvalue weighted by atomic mass is 31.1. The van der Waals surface area contributed by atoms with Crippen LogP contribution in [0, 0.1) is 36.5 Å². The summed E-state index contributed by atoms with van der Waals surface area (Å²) in [6, 6.07) is 9.85. The molecule has 5 aliphatic heterocycles. The van der Waals surface area contributed by atoms with Gasteiger partial charge < -0.3 is 63.7 Å². The standard InChI is InChI=1S/C65H77N5O19P2/c1-32(2)30-69-22-24-70(25-23-69)42-28-43(72)52-45(29-42)87-61-53(67-52)49-50-56(77)38(8)60-51(49)62(79)65(10,89-60)85-26-21-44(83-11)35(5)59(86-39(9)71)37(7)55(76)36(6)58(33(3)15-14-16-34(4)63(80)68-54(61)57(50)78)88-48(75)27-40-17-12-13-18-41(40)31-84-47(74)20-19-46(73)66-64(90-81)91-82/h12-18,21,26,28-29,32-33,35-37,44,55,58-59,64,72,76-77H,19-20,22-25,27,30-31H2,1-11H3,(H,66,73)(H,68,80)/b15-14+,26-21+,34-16-/t33-,35+,36-,37+,44-,55+,58-,59+,65-/m0/s1. The van der Waals surface area contributed by atoms with Gasteiger partial charge in [0.1, 0.15) is 53.0 Å². The van der Waals surface area contributed by atoms with E-state index in [1.165, 1.54) is 59.3 Å². The largest absolute Gasteiger partial charge is 0.507 e. The highest BCUT2D eigenvalue weighted by Gasteiger charge is 2.50. The second-order valence-corrected chi connectivity index (χ2v) is 25.8. The second kappa shape index (κ2) is 29.4. The molecule has 486 valence electrons. The van der Waals surface area contributed by atoms with E-state index in [4.69, 9.17) is 37.8 Å². The molecule has 0 aromatic heterocycles. The Labute approximate surface area is 529 Å². The van der Waals surface area contributed by atoms with Gasteiger partial charge in [-0.3, -0.25) is 47.6 Å². The van der Waals surface area contributed by atoms with E-state index in [0.717, 1.165) is 19.6 Å². The van der Waals surface area contributed by atoms with Gasteiger partial charge in [-0.05, 0) is 37.0 Å². The first-order valence-corrected chi connectivity index (χ1v) is 31.8. The number of aliphatic hydroxyl groups is 1. The monoisotopic (exact) mass is 1290 g/mol. The van der Waals surface area contributed by atoms with E-state index < -0.39 is 134 Å². The van der Waals surface area contributed by atoms with Crippen LogP contribution in [0.1, 0.15) is 102 Å². The van der Waals surface area contributed by atoms with Gasteiger partial charge in [0.25, 0.3) is 11.7 Å². The van der Waals surface area contributed by atoms with Crippen LogP contribution in [0.3, 0.4) is 0 Å². The second-order valence-electron chi connectivity index (χ2n) is 23.9. The van der Waals surface area contributed by atoms with E-state index in [0.29, 0.717) is 35.8 Å². The molecule has 2 amide bonds. The van der Waals surface area contributed by atoms with Crippen LogP contribution in [-0.4, -0.2) is 136 Å². The molecule has 0 saturated carbocycles. The van der Waals surface area contributed by atoms with Gasteiger partial charge in [-0.15, -0.1) is 0 Å². The first-order valence-electron chi connectivity index (χ1n) is 30.0. The summed E-state index contributed by atoms with van der Waals surface area (Å²) in [4.78, 5) is 106. The zero-order chi connectivity index (χ0) is 66.3. The molecule has 3 aromatic carbocycles. The Morgan fingerprint density at radius 1 is 0.890 bits per heavy atom. The van der Waals surface area contributed by atoms with Gasteiger partial charge in [0.15, 0.2) is 33.8 Å². The number of piperazine rings is 1. The molecule has 24 nitrogen and oxygen atoms in total. The lowest BCUT2D eigenvalue weighted by atomic mass is 9.78. The number of allylic oxidation sites excluding steroid dienone is 2. The predicted molar refractivity (Wildman–Crippen MR) is 336 cm³/mol. The minimum atomic E-state index is -2.17. The maximum Gasteiger partial charge on any atom is 0.312 e. The average Bonchev–Trinajstić information content (AvgIpc) is 1.67. The third kappa shape index (κ3) is 15.3. The number of aromatic hydroxyl groups is 2. The maximum atomic E-state index is 15.2. The van der Waals surface area contributed by atoms with Crippen LogP contribution < -0.4 is 25.7 Å². The lowest BCUT2D eigenvalue weighted by Gasteiger charge is -2.39. The molecule has 1 saturated heterocycles. The Balaban J connectivity index is 1.19. The molecule has 91 heavy (non-hydrogen) atoms. The molecule has 26 heteroatoms. The number of aromatic nitrogens is 1. The van der Waals surface area contributed by atoms with E-state index in [2.05, 4.69) is 34.3 Å². The van der Waals surface area contributed by atoms with Crippen LogP contribution in [0.15, 0.2) is 81.7 Å². The van der Waals surface area contributed by atoms with Crippen molar-refractivity contribution in [3.63, 3.8) is 0 Å². The van der Waals surface area contributed by atoms with Gasteiger partial charge in [-0.1, -0.05) is 84.0 Å². The minimum absolute atomic E-state index is 0.0188. The molecule has 1 aliphatic carbocycles. The van der Waals surface area contributed by atoms with Gasteiger partial charge in [0.2, 0.25) is 11.3 Å². The number of benzene rings is 4. The van der Waals surface area contributed by atoms with Crippen molar-refractivity contribution < 1.29 is 86.1 Å². The van der Waals surface area contributed by atoms with Crippen molar-refractivity contribution in [3.8, 4) is 28.7 Å². The number of aliphatic hydroxyl groups excluding tert-OH is 1. The smallest absolute Gasteiger partial charge is 0.312 e. The SMILES string of the molecule is CO[C@H]1/C=C/O[C@@]2(C)Oc3c(C)c(O)c4c(=O)c(c5oc6cc(N7CCN(CC(C)C)CC7)cc(O)c6nc-5c4c3C2=O)NC(=O)/C(C)=C\C=C\[C@H](C)[C@H](OC(=O)Cc2ccccc2COC(=O)CCC(=O)NC(P=O)P=O)[C@@H](C)[C@@H](O)[C@@H](C)[C@H](OC(C)=O)[C@@H]1C. The summed E-state index contributed by atoms with van der Waals surface area (Å²) < 4.78 is 64.8. The number of ketones is 1. The van der Waals surface area contributed by atoms with Crippen LogP contribution in [0.25, 0.3) is 33.3 Å². The van der Waals surface area contributed by atoms with Gasteiger partial charge in [-0.2, -0.15) is 0 Å². The van der Waals surface area contributed by atoms with Gasteiger partial charge in [-0.25, -0.2) is 4.98 Å². The maximum absolute atomic E-state index is 15.2. The number of amides is 2. The molecule has 3 aromatic rings. The Bertz CT molecular complexity index is 3760. The molecule has 0 radical (unpaired) electrons. The number of carbonyl (C=O) groups excluding carboxylic acids is 6. The number of ether oxygens (including phenoxy) is 6. The first kappa shape index (κ1) is 68.8. The quantitative estimate of drug-likeness (QED) is 0.0202. The Hall–Kier alpha value is -8.14. The molecule has 1 fully saturated rings. The Kier molecular flexibility index (Phi) is 22.2. The minimum Gasteiger partial charge on any atom is -0.507 e. The summed E-state index contributed by atoms with van der Waals surface area (Å²) in [6.45, 7) is 20.0. The molecule has 9 rings (SSSR count). The number of carbonyl (C=O) groups is 6. The van der Waals surface area contributed by atoms with E-state index in [-0.39, 0.29) is 82.0 Å². The molecule has 5 N–H and O–H groups in total. The van der Waals surface area contributed by atoms with Crippen molar-refractivity contribution in [2.24, 2.45) is 29.6 Å². The van der Waals surface area contributed by atoms with Gasteiger partial charge in [0, 0.05) is 118 Å². The summed E-state index contributed by atoms with van der Waals surface area (Å²) in [5.41, 5.74) is -1.46.